The van der Waals surface area contributed by atoms with Crippen molar-refractivity contribution < 1.29 is 9.53 Å². The number of hydrogen-bond donors (Lipinski definition) is 2. The highest BCUT2D eigenvalue weighted by Gasteiger charge is 2.08. The van der Waals surface area contributed by atoms with E-state index in [9.17, 15) is 4.79 Å². The van der Waals surface area contributed by atoms with Crippen molar-refractivity contribution in [2.24, 2.45) is 5.73 Å². The van der Waals surface area contributed by atoms with Gasteiger partial charge in [0.2, 0.25) is 0 Å². The molecule has 0 saturated heterocycles. The third kappa shape index (κ3) is 4.91. The Bertz CT molecular complexity index is 430. The SMILES string of the molecule is Cc1cc(OCC(=O)NC(C)CN)ccc1C(C)C. The van der Waals surface area contributed by atoms with Crippen LogP contribution in [0.4, 0.5) is 0 Å². The van der Waals surface area contributed by atoms with Crippen LogP contribution >= 0.6 is 0 Å². The normalized spacial score (nSPS) is 12.3. The summed E-state index contributed by atoms with van der Waals surface area (Å²) in [6.45, 7) is 8.67. The molecule has 4 nitrogen and oxygen atoms in total. The summed E-state index contributed by atoms with van der Waals surface area (Å²) < 4.78 is 5.48. The molecule has 1 atom stereocenters. The highest BCUT2D eigenvalue weighted by atomic mass is 16.5. The first-order chi connectivity index (χ1) is 8.93. The van der Waals surface area contributed by atoms with Crippen LogP contribution in [0.5, 0.6) is 5.75 Å². The Kier molecular flexibility index (Phi) is 5.83. The Hall–Kier alpha value is -1.55. The van der Waals surface area contributed by atoms with Gasteiger partial charge >= 0.3 is 0 Å². The lowest BCUT2D eigenvalue weighted by atomic mass is 9.98. The molecule has 106 valence electrons. The molecule has 0 aliphatic carbocycles. The smallest absolute Gasteiger partial charge is 0.258 e. The largest absolute Gasteiger partial charge is 0.484 e. The molecular formula is C15H24N2O2. The van der Waals surface area contributed by atoms with Crippen LogP contribution in [-0.2, 0) is 4.79 Å². The lowest BCUT2D eigenvalue weighted by molar-refractivity contribution is -0.123. The number of nitrogens with two attached hydrogens (primary N) is 1. The quantitative estimate of drug-likeness (QED) is 0.825. The Labute approximate surface area is 115 Å². The Balaban J connectivity index is 2.54. The monoisotopic (exact) mass is 264 g/mol. The number of aryl methyl sites for hydroxylation is 1. The molecule has 1 aromatic rings. The Morgan fingerprint density at radius 2 is 2.05 bits per heavy atom. The van der Waals surface area contributed by atoms with Gasteiger partial charge in [-0.25, -0.2) is 0 Å². The predicted molar refractivity (Wildman–Crippen MR) is 77.4 cm³/mol. The van der Waals surface area contributed by atoms with Gasteiger partial charge in [0, 0.05) is 12.6 Å². The van der Waals surface area contributed by atoms with Crippen molar-refractivity contribution in [1.82, 2.24) is 5.32 Å². The molecule has 0 aromatic heterocycles. The molecule has 0 radical (unpaired) electrons. The second kappa shape index (κ2) is 7.14. The summed E-state index contributed by atoms with van der Waals surface area (Å²) in [6, 6.07) is 5.90. The lowest BCUT2D eigenvalue weighted by Crippen LogP contribution is -2.40. The fourth-order valence-corrected chi connectivity index (χ4v) is 1.91. The third-order valence-corrected chi connectivity index (χ3v) is 2.99. The number of carbonyl (C=O) groups excluding carboxylic acids is 1. The Morgan fingerprint density at radius 3 is 2.58 bits per heavy atom. The molecule has 1 amide bonds. The maximum absolute atomic E-state index is 11.6. The van der Waals surface area contributed by atoms with Crippen LogP contribution in [0, 0.1) is 6.92 Å². The highest BCUT2D eigenvalue weighted by Crippen LogP contribution is 2.23. The highest BCUT2D eigenvalue weighted by molar-refractivity contribution is 5.77. The fourth-order valence-electron chi connectivity index (χ4n) is 1.91. The lowest BCUT2D eigenvalue weighted by Gasteiger charge is -2.14. The average Bonchev–Trinajstić information content (AvgIpc) is 2.35. The summed E-state index contributed by atoms with van der Waals surface area (Å²) in [7, 11) is 0. The minimum absolute atomic E-state index is 0.0187. The number of benzene rings is 1. The molecule has 0 fully saturated rings. The van der Waals surface area contributed by atoms with E-state index in [1.165, 1.54) is 11.1 Å². The summed E-state index contributed by atoms with van der Waals surface area (Å²) in [6.07, 6.45) is 0. The third-order valence-electron chi connectivity index (χ3n) is 2.99. The van der Waals surface area contributed by atoms with Gasteiger partial charge in [0.25, 0.3) is 5.91 Å². The van der Waals surface area contributed by atoms with Gasteiger partial charge in [-0.1, -0.05) is 19.9 Å². The van der Waals surface area contributed by atoms with Crippen molar-refractivity contribution in [3.63, 3.8) is 0 Å². The van der Waals surface area contributed by atoms with E-state index in [1.807, 2.05) is 19.1 Å². The molecular weight excluding hydrogens is 240 g/mol. The van der Waals surface area contributed by atoms with Crippen molar-refractivity contribution in [2.75, 3.05) is 13.2 Å². The molecule has 0 heterocycles. The molecule has 0 aliphatic rings. The van der Waals surface area contributed by atoms with Gasteiger partial charge in [0.15, 0.2) is 6.61 Å². The van der Waals surface area contributed by atoms with E-state index in [0.29, 0.717) is 12.5 Å². The molecule has 1 rings (SSSR count). The van der Waals surface area contributed by atoms with E-state index in [4.69, 9.17) is 10.5 Å². The van der Waals surface area contributed by atoms with Crippen LogP contribution in [0.25, 0.3) is 0 Å². The molecule has 19 heavy (non-hydrogen) atoms. The molecule has 0 bridgehead atoms. The van der Waals surface area contributed by atoms with Gasteiger partial charge in [-0.15, -0.1) is 0 Å². The number of nitrogens with one attached hydrogen (secondary N) is 1. The molecule has 0 spiro atoms. The molecule has 0 saturated carbocycles. The van der Waals surface area contributed by atoms with E-state index in [2.05, 4.69) is 32.2 Å². The second-order valence-corrected chi connectivity index (χ2v) is 5.17. The van der Waals surface area contributed by atoms with Gasteiger partial charge in [0.1, 0.15) is 5.75 Å². The minimum atomic E-state index is -0.150. The van der Waals surface area contributed by atoms with E-state index in [1.54, 1.807) is 0 Å². The van der Waals surface area contributed by atoms with Crippen LogP contribution in [0.2, 0.25) is 0 Å². The van der Waals surface area contributed by atoms with E-state index in [0.717, 1.165) is 5.75 Å². The maximum atomic E-state index is 11.6. The van der Waals surface area contributed by atoms with Crippen molar-refractivity contribution in [3.05, 3.63) is 29.3 Å². The van der Waals surface area contributed by atoms with Crippen molar-refractivity contribution in [2.45, 2.75) is 39.7 Å². The number of ether oxygens (including phenoxy) is 1. The molecule has 1 unspecified atom stereocenters. The van der Waals surface area contributed by atoms with Crippen LogP contribution in [0.15, 0.2) is 18.2 Å². The van der Waals surface area contributed by atoms with Gasteiger partial charge in [-0.3, -0.25) is 4.79 Å². The summed E-state index contributed by atoms with van der Waals surface area (Å²) in [5.41, 5.74) is 7.92. The first-order valence-electron chi connectivity index (χ1n) is 6.66. The van der Waals surface area contributed by atoms with E-state index < -0.39 is 0 Å². The first kappa shape index (κ1) is 15.5. The van der Waals surface area contributed by atoms with Gasteiger partial charge in [0.05, 0.1) is 0 Å². The second-order valence-electron chi connectivity index (χ2n) is 5.17. The molecule has 3 N–H and O–H groups in total. The van der Waals surface area contributed by atoms with Crippen molar-refractivity contribution >= 4 is 5.91 Å². The number of hydrogen-bond acceptors (Lipinski definition) is 3. The standard InChI is InChI=1S/C15H24N2O2/c1-10(2)14-6-5-13(7-11(14)3)19-9-15(18)17-12(4)8-16/h5-7,10,12H,8-9,16H2,1-4H3,(H,17,18). The average molecular weight is 264 g/mol. The van der Waals surface area contributed by atoms with Gasteiger partial charge < -0.3 is 15.8 Å². The summed E-state index contributed by atoms with van der Waals surface area (Å²) in [5.74, 6) is 1.06. The topological polar surface area (TPSA) is 64.3 Å². The number of rotatable bonds is 6. The summed E-state index contributed by atoms with van der Waals surface area (Å²) in [4.78, 5) is 11.6. The predicted octanol–water partition coefficient (Wildman–Crippen LogP) is 1.96. The first-order valence-corrected chi connectivity index (χ1v) is 6.66. The van der Waals surface area contributed by atoms with Gasteiger partial charge in [-0.2, -0.15) is 0 Å². The number of carbonyl (C=O) groups is 1. The zero-order chi connectivity index (χ0) is 14.4. The summed E-state index contributed by atoms with van der Waals surface area (Å²) in [5, 5.41) is 2.76. The van der Waals surface area contributed by atoms with Crippen molar-refractivity contribution in [1.29, 1.82) is 0 Å². The maximum Gasteiger partial charge on any atom is 0.258 e. The fraction of sp³-hybridized carbons (Fsp3) is 0.533. The van der Waals surface area contributed by atoms with Crippen LogP contribution < -0.4 is 15.8 Å². The van der Waals surface area contributed by atoms with E-state index in [-0.39, 0.29) is 18.6 Å². The Morgan fingerprint density at radius 1 is 1.37 bits per heavy atom. The van der Waals surface area contributed by atoms with Crippen molar-refractivity contribution in [3.8, 4) is 5.75 Å². The zero-order valence-electron chi connectivity index (χ0n) is 12.2. The van der Waals surface area contributed by atoms with Gasteiger partial charge in [-0.05, 0) is 43.0 Å². The molecule has 4 heteroatoms. The van der Waals surface area contributed by atoms with E-state index >= 15 is 0 Å². The molecule has 0 aliphatic heterocycles. The van der Waals surface area contributed by atoms with Crippen LogP contribution in [-0.4, -0.2) is 25.1 Å². The zero-order valence-corrected chi connectivity index (χ0v) is 12.2. The molecule has 1 aromatic carbocycles. The minimum Gasteiger partial charge on any atom is -0.484 e. The summed E-state index contributed by atoms with van der Waals surface area (Å²) >= 11 is 0. The van der Waals surface area contributed by atoms with Crippen LogP contribution in [0.3, 0.4) is 0 Å². The van der Waals surface area contributed by atoms with Crippen LogP contribution in [0.1, 0.15) is 37.8 Å². The number of amides is 1.